The summed E-state index contributed by atoms with van der Waals surface area (Å²) >= 11 is 18.7. The molecule has 0 aliphatic rings. The quantitative estimate of drug-likeness (QED) is 0.156. The molecule has 0 aliphatic heterocycles. The third kappa shape index (κ3) is 8.79. The van der Waals surface area contributed by atoms with Crippen molar-refractivity contribution in [3.05, 3.63) is 129 Å². The summed E-state index contributed by atoms with van der Waals surface area (Å²) in [5.41, 5.74) is 1.25. The van der Waals surface area contributed by atoms with Crippen LogP contribution in [0, 0.1) is 5.82 Å². The first-order valence-electron chi connectivity index (χ1n) is 14.5. The van der Waals surface area contributed by atoms with Gasteiger partial charge in [0, 0.05) is 29.1 Å². The Bertz CT molecular complexity index is 1780. The minimum atomic E-state index is -4.37. The van der Waals surface area contributed by atoms with Gasteiger partial charge >= 0.3 is 0 Å². The minimum Gasteiger partial charge on any atom is -0.352 e. The van der Waals surface area contributed by atoms with Gasteiger partial charge in [-0.15, -0.1) is 0 Å². The van der Waals surface area contributed by atoms with Crippen molar-refractivity contribution < 1.29 is 22.4 Å². The van der Waals surface area contributed by atoms with Crippen LogP contribution in [0.4, 0.5) is 10.1 Å². The van der Waals surface area contributed by atoms with E-state index in [0.29, 0.717) is 17.0 Å². The van der Waals surface area contributed by atoms with Gasteiger partial charge in [0.05, 0.1) is 15.6 Å². The molecule has 0 radical (unpaired) electrons. The number of sulfonamides is 1. The lowest BCUT2D eigenvalue weighted by Crippen LogP contribution is -2.54. The van der Waals surface area contributed by atoms with Gasteiger partial charge in [-0.3, -0.25) is 13.9 Å². The second-order valence-corrected chi connectivity index (χ2v) is 13.8. The molecule has 0 aromatic heterocycles. The molecule has 0 saturated carbocycles. The zero-order valence-corrected chi connectivity index (χ0v) is 28.3. The van der Waals surface area contributed by atoms with Gasteiger partial charge in [-0.1, -0.05) is 96.3 Å². The van der Waals surface area contributed by atoms with Crippen LogP contribution in [0.3, 0.4) is 0 Å². The molecule has 4 aromatic rings. The van der Waals surface area contributed by atoms with E-state index in [4.69, 9.17) is 34.8 Å². The summed E-state index contributed by atoms with van der Waals surface area (Å²) in [5, 5.41) is 3.30. The number of carbonyl (C=O) groups is 2. The van der Waals surface area contributed by atoms with Crippen LogP contribution in [0.25, 0.3) is 0 Å². The molecule has 0 saturated heterocycles. The van der Waals surface area contributed by atoms with Gasteiger partial charge in [0.15, 0.2) is 0 Å². The normalized spacial score (nSPS) is 12.7. The number of amides is 2. The predicted molar refractivity (Wildman–Crippen MR) is 181 cm³/mol. The van der Waals surface area contributed by atoms with Crippen molar-refractivity contribution in [2.75, 3.05) is 10.8 Å². The van der Waals surface area contributed by atoms with Gasteiger partial charge in [-0.2, -0.15) is 0 Å². The topological polar surface area (TPSA) is 86.8 Å². The predicted octanol–water partition coefficient (Wildman–Crippen LogP) is 7.54. The molecule has 4 rings (SSSR count). The number of hydrogen-bond donors (Lipinski definition) is 1. The van der Waals surface area contributed by atoms with Gasteiger partial charge < -0.3 is 10.2 Å². The first-order valence-corrected chi connectivity index (χ1v) is 17.1. The summed E-state index contributed by atoms with van der Waals surface area (Å²) in [5.74, 6) is -1.87. The molecule has 0 unspecified atom stereocenters. The summed E-state index contributed by atoms with van der Waals surface area (Å²) in [6.45, 7) is 2.91. The van der Waals surface area contributed by atoms with E-state index < -0.39 is 40.2 Å². The Kier molecular flexibility index (Phi) is 12.1. The summed E-state index contributed by atoms with van der Waals surface area (Å²) < 4.78 is 43.1. The van der Waals surface area contributed by atoms with Crippen molar-refractivity contribution >= 4 is 62.3 Å². The van der Waals surface area contributed by atoms with Crippen LogP contribution in [0.1, 0.15) is 31.4 Å². The fourth-order valence-corrected chi connectivity index (χ4v) is 6.79. The van der Waals surface area contributed by atoms with Crippen LogP contribution in [-0.4, -0.2) is 43.8 Å². The highest BCUT2D eigenvalue weighted by molar-refractivity contribution is 7.92. The van der Waals surface area contributed by atoms with E-state index in [0.717, 1.165) is 22.0 Å². The first kappa shape index (κ1) is 35.2. The van der Waals surface area contributed by atoms with Gasteiger partial charge in [0.25, 0.3) is 10.0 Å². The number of anilines is 1. The molecule has 46 heavy (non-hydrogen) atoms. The lowest BCUT2D eigenvalue weighted by atomic mass is 10.0. The van der Waals surface area contributed by atoms with Crippen molar-refractivity contribution in [3.8, 4) is 0 Å². The average molecular weight is 705 g/mol. The van der Waals surface area contributed by atoms with Crippen LogP contribution in [0.5, 0.6) is 0 Å². The molecule has 1 N–H and O–H groups in total. The second-order valence-electron chi connectivity index (χ2n) is 10.7. The van der Waals surface area contributed by atoms with Gasteiger partial charge in [-0.25, -0.2) is 12.8 Å². The van der Waals surface area contributed by atoms with E-state index in [1.807, 2.05) is 44.2 Å². The highest BCUT2D eigenvalue weighted by Gasteiger charge is 2.35. The summed E-state index contributed by atoms with van der Waals surface area (Å²) in [4.78, 5) is 29.6. The number of rotatable bonds is 13. The molecule has 2 amide bonds. The van der Waals surface area contributed by atoms with Crippen LogP contribution in [0.15, 0.2) is 102 Å². The number of halogens is 4. The Morgan fingerprint density at radius 3 is 2.13 bits per heavy atom. The van der Waals surface area contributed by atoms with Crippen LogP contribution in [-0.2, 0) is 32.6 Å². The summed E-state index contributed by atoms with van der Waals surface area (Å²) in [6, 6.07) is 23.6. The van der Waals surface area contributed by atoms with Gasteiger partial charge in [0.1, 0.15) is 18.4 Å². The van der Waals surface area contributed by atoms with E-state index in [1.165, 1.54) is 29.2 Å². The third-order valence-corrected chi connectivity index (χ3v) is 10.1. The fraction of sp³-hybridized carbons (Fsp3) is 0.235. The number of benzene rings is 4. The molecular weight excluding hydrogens is 672 g/mol. The molecule has 0 fully saturated rings. The molecule has 0 spiro atoms. The Balaban J connectivity index is 1.84. The van der Waals surface area contributed by atoms with Crippen LogP contribution in [0.2, 0.25) is 15.1 Å². The highest BCUT2D eigenvalue weighted by atomic mass is 35.5. The Morgan fingerprint density at radius 2 is 1.52 bits per heavy atom. The van der Waals surface area contributed by atoms with Gasteiger partial charge in [-0.05, 0) is 66.9 Å². The Labute approximate surface area is 283 Å². The fourth-order valence-electron chi connectivity index (χ4n) is 4.72. The van der Waals surface area contributed by atoms with Crippen molar-refractivity contribution in [1.82, 2.24) is 10.2 Å². The zero-order chi connectivity index (χ0) is 33.4. The van der Waals surface area contributed by atoms with Crippen LogP contribution >= 0.6 is 34.8 Å². The standard InChI is InChI=1S/C34H33Cl3FN3O4S/c1-3-23(2)39-34(43)32(18-24-10-6-4-7-11-24)40(21-25-14-15-26(35)19-29(25)36)33(42)22-41(27-16-17-31(38)30(37)20-27)46(44,45)28-12-8-5-9-13-28/h4-17,19-20,23,32H,3,18,21-22H2,1-2H3,(H,39,43)/t23-,32+/m1/s1. The SMILES string of the molecule is CC[C@@H](C)NC(=O)[C@H](Cc1ccccc1)N(Cc1ccc(Cl)cc1Cl)C(=O)CN(c1ccc(F)c(Cl)c1)S(=O)(=O)c1ccccc1. The van der Waals surface area contributed by atoms with Gasteiger partial charge in [0.2, 0.25) is 11.8 Å². The minimum absolute atomic E-state index is 0.0308. The van der Waals surface area contributed by atoms with E-state index >= 15 is 0 Å². The monoisotopic (exact) mass is 703 g/mol. The lowest BCUT2D eigenvalue weighted by Gasteiger charge is -2.34. The van der Waals surface area contributed by atoms with E-state index in [9.17, 15) is 22.4 Å². The average Bonchev–Trinajstić information content (AvgIpc) is 3.04. The van der Waals surface area contributed by atoms with Crippen molar-refractivity contribution in [3.63, 3.8) is 0 Å². The maximum atomic E-state index is 14.5. The van der Waals surface area contributed by atoms with Crippen molar-refractivity contribution in [1.29, 1.82) is 0 Å². The largest absolute Gasteiger partial charge is 0.352 e. The third-order valence-electron chi connectivity index (χ3n) is 7.43. The maximum Gasteiger partial charge on any atom is 0.264 e. The van der Waals surface area contributed by atoms with Crippen molar-refractivity contribution in [2.45, 2.75) is 50.2 Å². The number of carbonyl (C=O) groups excluding carboxylic acids is 2. The molecular formula is C34H33Cl3FN3O4S. The first-order chi connectivity index (χ1) is 21.9. The number of nitrogens with one attached hydrogen (secondary N) is 1. The molecule has 242 valence electrons. The van der Waals surface area contributed by atoms with Crippen molar-refractivity contribution in [2.24, 2.45) is 0 Å². The van der Waals surface area contributed by atoms with E-state index in [2.05, 4.69) is 5.32 Å². The highest BCUT2D eigenvalue weighted by Crippen LogP contribution is 2.29. The summed E-state index contributed by atoms with van der Waals surface area (Å²) in [6.07, 6.45) is 0.781. The number of nitrogens with zero attached hydrogens (tertiary/aromatic N) is 2. The number of hydrogen-bond acceptors (Lipinski definition) is 4. The Hall–Kier alpha value is -3.63. The van der Waals surface area contributed by atoms with Crippen LogP contribution < -0.4 is 9.62 Å². The molecule has 12 heteroatoms. The molecule has 0 heterocycles. The molecule has 2 atom stereocenters. The van der Waals surface area contributed by atoms with E-state index in [-0.39, 0.29) is 39.6 Å². The molecule has 0 aliphatic carbocycles. The summed E-state index contributed by atoms with van der Waals surface area (Å²) in [7, 11) is -4.37. The Morgan fingerprint density at radius 1 is 0.870 bits per heavy atom. The zero-order valence-electron chi connectivity index (χ0n) is 25.2. The lowest BCUT2D eigenvalue weighted by molar-refractivity contribution is -0.140. The second kappa shape index (κ2) is 15.8. The molecule has 0 bridgehead atoms. The van der Waals surface area contributed by atoms with E-state index in [1.54, 1.807) is 30.3 Å². The maximum absolute atomic E-state index is 14.5. The molecule has 4 aromatic carbocycles. The molecule has 7 nitrogen and oxygen atoms in total. The smallest absolute Gasteiger partial charge is 0.264 e.